The van der Waals surface area contributed by atoms with Crippen molar-refractivity contribution in [3.63, 3.8) is 0 Å². The molecule has 2 aromatic carbocycles. The molecule has 1 N–H and O–H groups in total. The van der Waals surface area contributed by atoms with Gasteiger partial charge in [0.15, 0.2) is 11.1 Å². The van der Waals surface area contributed by atoms with Crippen molar-refractivity contribution in [3.8, 4) is 0 Å². The number of nitro benzene ring substituents is 1. The van der Waals surface area contributed by atoms with Crippen molar-refractivity contribution >= 4 is 45.7 Å². The zero-order valence-electron chi connectivity index (χ0n) is 14.2. The number of rotatable bonds is 4. The van der Waals surface area contributed by atoms with Crippen molar-refractivity contribution in [2.75, 3.05) is 0 Å². The van der Waals surface area contributed by atoms with Gasteiger partial charge in [-0.25, -0.2) is 15.0 Å². The number of benzene rings is 2. The molecule has 28 heavy (non-hydrogen) atoms. The van der Waals surface area contributed by atoms with Gasteiger partial charge in [-0.3, -0.25) is 10.1 Å². The van der Waals surface area contributed by atoms with E-state index in [4.69, 9.17) is 23.2 Å². The van der Waals surface area contributed by atoms with Gasteiger partial charge < -0.3 is 9.55 Å². The molecule has 0 spiro atoms. The van der Waals surface area contributed by atoms with Gasteiger partial charge in [-0.1, -0.05) is 29.3 Å². The number of halogens is 2. The highest BCUT2D eigenvalue weighted by molar-refractivity contribution is 6.36. The molecule has 0 atom stereocenters. The van der Waals surface area contributed by atoms with Gasteiger partial charge in [-0.2, -0.15) is 0 Å². The first-order valence-electron chi connectivity index (χ1n) is 8.13. The Hall–Kier alpha value is -3.23. The number of fused-ring (bicyclic) bond motifs is 1. The van der Waals surface area contributed by atoms with E-state index in [1.807, 2.05) is 4.57 Å². The maximum atomic E-state index is 10.8. The monoisotopic (exact) mass is 414 g/mol. The van der Waals surface area contributed by atoms with E-state index >= 15 is 0 Å². The average Bonchev–Trinajstić information content (AvgIpc) is 3.17. The van der Waals surface area contributed by atoms with Crippen LogP contribution in [0.15, 0.2) is 60.1 Å². The fourth-order valence-electron chi connectivity index (χ4n) is 2.74. The highest BCUT2D eigenvalue weighted by Crippen LogP contribution is 2.25. The largest absolute Gasteiger partial charge is 0.340 e. The second-order valence-electron chi connectivity index (χ2n) is 5.88. The molecule has 0 amide bonds. The number of aromatic amines is 1. The molecule has 0 aliphatic carbocycles. The van der Waals surface area contributed by atoms with E-state index in [1.54, 1.807) is 43.0 Å². The maximum absolute atomic E-state index is 10.8. The Morgan fingerprint density at radius 1 is 1.11 bits per heavy atom. The lowest BCUT2D eigenvalue weighted by Gasteiger charge is -2.10. The van der Waals surface area contributed by atoms with Crippen molar-refractivity contribution < 1.29 is 4.92 Å². The van der Waals surface area contributed by atoms with E-state index in [9.17, 15) is 10.1 Å². The van der Waals surface area contributed by atoms with Crippen LogP contribution in [0.4, 0.5) is 11.4 Å². The van der Waals surface area contributed by atoms with Crippen LogP contribution in [0.25, 0.3) is 11.2 Å². The van der Waals surface area contributed by atoms with Gasteiger partial charge in [0.2, 0.25) is 0 Å². The number of hydrogen-bond donors (Lipinski definition) is 1. The Bertz CT molecular complexity index is 1230. The van der Waals surface area contributed by atoms with Crippen molar-refractivity contribution in [1.82, 2.24) is 19.5 Å². The van der Waals surface area contributed by atoms with E-state index < -0.39 is 4.92 Å². The lowest BCUT2D eigenvalue weighted by molar-refractivity contribution is -0.384. The van der Waals surface area contributed by atoms with Gasteiger partial charge in [0.25, 0.3) is 5.69 Å². The first-order valence-corrected chi connectivity index (χ1v) is 8.89. The third-order valence-electron chi connectivity index (χ3n) is 4.12. The quantitative estimate of drug-likeness (QED) is 0.398. The van der Waals surface area contributed by atoms with Gasteiger partial charge in [-0.15, -0.1) is 0 Å². The average molecular weight is 415 g/mol. The van der Waals surface area contributed by atoms with Crippen LogP contribution in [0, 0.1) is 10.1 Å². The highest BCUT2D eigenvalue weighted by Gasteiger charge is 2.11. The topological polar surface area (TPSA) is 102 Å². The van der Waals surface area contributed by atoms with Gasteiger partial charge in [-0.05, 0) is 24.3 Å². The van der Waals surface area contributed by atoms with Crippen LogP contribution in [-0.2, 0) is 6.54 Å². The summed E-state index contributed by atoms with van der Waals surface area (Å²) in [4.78, 5) is 26.5. The third-order valence-corrected chi connectivity index (χ3v) is 4.83. The first kappa shape index (κ1) is 18.1. The fraction of sp³-hybridized carbons (Fsp3) is 0.0556. The minimum Gasteiger partial charge on any atom is -0.340 e. The second kappa shape index (κ2) is 7.41. The Kier molecular flexibility index (Phi) is 4.81. The second-order valence-corrected chi connectivity index (χ2v) is 6.70. The maximum Gasteiger partial charge on any atom is 0.269 e. The van der Waals surface area contributed by atoms with Gasteiger partial charge >= 0.3 is 0 Å². The first-order chi connectivity index (χ1) is 13.5. The summed E-state index contributed by atoms with van der Waals surface area (Å²) in [6.45, 7) is 0.394. The number of non-ortho nitro benzene ring substituents is 1. The predicted molar refractivity (Wildman–Crippen MR) is 106 cm³/mol. The molecule has 0 saturated heterocycles. The Balaban J connectivity index is 1.76. The summed E-state index contributed by atoms with van der Waals surface area (Å²) in [5.41, 5.74) is 2.99. The van der Waals surface area contributed by atoms with Crippen LogP contribution in [0.5, 0.6) is 0 Å². The summed E-state index contributed by atoms with van der Waals surface area (Å²) < 4.78 is 1.81. The lowest BCUT2D eigenvalue weighted by atomic mass is 10.2. The van der Waals surface area contributed by atoms with E-state index in [0.717, 1.165) is 5.56 Å². The molecule has 2 aromatic heterocycles. The zero-order valence-corrected chi connectivity index (χ0v) is 15.7. The SMILES string of the molecule is O=[N+]([O-])c1ccc(N=c2ncn(Cc3c(Cl)cccc3Cl)c3nc[nH]c23)cc1. The number of nitrogens with one attached hydrogen (secondary N) is 1. The Morgan fingerprint density at radius 2 is 1.82 bits per heavy atom. The van der Waals surface area contributed by atoms with Crippen LogP contribution in [0.2, 0.25) is 10.0 Å². The molecule has 4 aromatic rings. The van der Waals surface area contributed by atoms with Gasteiger partial charge in [0.1, 0.15) is 5.52 Å². The smallest absolute Gasteiger partial charge is 0.269 e. The molecule has 0 unspecified atom stereocenters. The molecular weight excluding hydrogens is 403 g/mol. The molecule has 0 radical (unpaired) electrons. The molecule has 0 saturated carbocycles. The fourth-order valence-corrected chi connectivity index (χ4v) is 3.26. The summed E-state index contributed by atoms with van der Waals surface area (Å²) in [6.07, 6.45) is 3.15. The summed E-state index contributed by atoms with van der Waals surface area (Å²) in [7, 11) is 0. The van der Waals surface area contributed by atoms with Gasteiger partial charge in [0, 0.05) is 27.7 Å². The third kappa shape index (κ3) is 3.47. The van der Waals surface area contributed by atoms with Crippen LogP contribution >= 0.6 is 23.2 Å². The molecule has 2 heterocycles. The molecule has 0 bridgehead atoms. The van der Waals surface area contributed by atoms with Crippen molar-refractivity contribution in [3.05, 3.63) is 86.3 Å². The van der Waals surface area contributed by atoms with Crippen LogP contribution in [-0.4, -0.2) is 24.4 Å². The number of aromatic nitrogens is 4. The van der Waals surface area contributed by atoms with E-state index in [1.165, 1.54) is 12.1 Å². The molecule has 0 aliphatic rings. The number of nitro groups is 1. The number of nitrogens with zero attached hydrogens (tertiary/aromatic N) is 5. The predicted octanol–water partition coefficient (Wildman–Crippen LogP) is 4.26. The van der Waals surface area contributed by atoms with E-state index in [0.29, 0.717) is 38.9 Å². The number of H-pyrrole nitrogens is 1. The molecule has 0 fully saturated rings. The number of imidazole rings is 1. The lowest BCUT2D eigenvalue weighted by Crippen LogP contribution is -2.14. The molecule has 8 nitrogen and oxygen atoms in total. The molecule has 0 aliphatic heterocycles. The van der Waals surface area contributed by atoms with E-state index in [2.05, 4.69) is 19.9 Å². The van der Waals surface area contributed by atoms with Crippen LogP contribution in [0.3, 0.4) is 0 Å². The van der Waals surface area contributed by atoms with E-state index in [-0.39, 0.29) is 5.69 Å². The minimum absolute atomic E-state index is 0.00104. The Morgan fingerprint density at radius 3 is 2.50 bits per heavy atom. The van der Waals surface area contributed by atoms with Crippen molar-refractivity contribution in [1.29, 1.82) is 0 Å². The summed E-state index contributed by atoms with van der Waals surface area (Å²) in [6, 6.07) is 11.2. The zero-order chi connectivity index (χ0) is 19.7. The summed E-state index contributed by atoms with van der Waals surface area (Å²) in [5, 5.41) is 11.9. The summed E-state index contributed by atoms with van der Waals surface area (Å²) in [5.74, 6) is 0. The molecular formula is C18H12Cl2N6O2. The molecule has 4 rings (SSSR count). The highest BCUT2D eigenvalue weighted by atomic mass is 35.5. The van der Waals surface area contributed by atoms with Gasteiger partial charge in [0.05, 0.1) is 29.8 Å². The van der Waals surface area contributed by atoms with Crippen molar-refractivity contribution in [2.24, 2.45) is 4.99 Å². The van der Waals surface area contributed by atoms with Crippen LogP contribution < -0.4 is 5.49 Å². The van der Waals surface area contributed by atoms with Crippen molar-refractivity contribution in [2.45, 2.75) is 6.54 Å². The normalized spacial score (nSPS) is 11.9. The van der Waals surface area contributed by atoms with Crippen LogP contribution in [0.1, 0.15) is 5.56 Å². The molecule has 10 heteroatoms. The number of hydrogen-bond acceptors (Lipinski definition) is 5. The minimum atomic E-state index is -0.458. The Labute approximate surface area is 168 Å². The summed E-state index contributed by atoms with van der Waals surface area (Å²) >= 11 is 12.5. The standard InChI is InChI=1S/C18H12Cl2N6O2/c19-14-2-1-3-15(20)13(14)8-25-10-23-17(16-18(25)22-9-21-16)24-11-4-6-12(7-5-11)26(27)28/h1-7,9-10H,8H2,(H,21,22). The molecule has 140 valence electrons.